The third kappa shape index (κ3) is 4.91. The normalized spacial score (nSPS) is 11.8. The van der Waals surface area contributed by atoms with E-state index in [4.69, 9.17) is 4.18 Å². The molecule has 0 heterocycles. The van der Waals surface area contributed by atoms with Crippen LogP contribution in [0, 0.1) is 24.2 Å². The number of rotatable bonds is 3. The van der Waals surface area contributed by atoms with Crippen LogP contribution in [0.3, 0.4) is 0 Å². The lowest BCUT2D eigenvalue weighted by molar-refractivity contribution is 0.362. The summed E-state index contributed by atoms with van der Waals surface area (Å²) in [6.45, 7) is 7.64. The van der Waals surface area contributed by atoms with E-state index >= 15 is 0 Å². The van der Waals surface area contributed by atoms with Gasteiger partial charge in [-0.1, -0.05) is 29.5 Å². The van der Waals surface area contributed by atoms with Gasteiger partial charge in [0.1, 0.15) is 6.61 Å². The van der Waals surface area contributed by atoms with E-state index in [0.29, 0.717) is 0 Å². The molecule has 0 N–H and O–H groups in total. The lowest BCUT2D eigenvalue weighted by atomic mass is 9.98. The molecule has 0 aliphatic heterocycles. The second kappa shape index (κ2) is 5.55. The molecular weight excluding hydrogens is 248 g/mol. The van der Waals surface area contributed by atoms with E-state index in [2.05, 4.69) is 11.8 Å². The van der Waals surface area contributed by atoms with Gasteiger partial charge in [-0.25, -0.2) is 0 Å². The molecule has 0 spiro atoms. The summed E-state index contributed by atoms with van der Waals surface area (Å²) in [4.78, 5) is 0.158. The van der Waals surface area contributed by atoms with Gasteiger partial charge in [0.05, 0.1) is 4.90 Å². The third-order valence-electron chi connectivity index (χ3n) is 2.06. The maximum Gasteiger partial charge on any atom is 0.297 e. The van der Waals surface area contributed by atoms with E-state index in [1.54, 1.807) is 12.1 Å². The topological polar surface area (TPSA) is 43.4 Å². The van der Waals surface area contributed by atoms with Crippen LogP contribution in [0.2, 0.25) is 0 Å². The fraction of sp³-hybridized carbons (Fsp3) is 0.429. The monoisotopic (exact) mass is 266 g/mol. The maximum atomic E-state index is 11.8. The van der Waals surface area contributed by atoms with E-state index in [1.165, 1.54) is 12.1 Å². The van der Waals surface area contributed by atoms with Crippen LogP contribution in [-0.4, -0.2) is 15.0 Å². The summed E-state index contributed by atoms with van der Waals surface area (Å²) >= 11 is 0. The number of aryl methyl sites for hydroxylation is 1. The first kappa shape index (κ1) is 14.7. The standard InChI is InChI=1S/C14H18O3S/c1-12-6-8-13(9-7-12)18(15,16)17-11-5-10-14(2,3)4/h6-9H,11H2,1-4H3. The summed E-state index contributed by atoms with van der Waals surface area (Å²) in [5.74, 6) is 5.63. The molecule has 0 aliphatic carbocycles. The predicted octanol–water partition coefficient (Wildman–Crippen LogP) is 2.75. The van der Waals surface area contributed by atoms with E-state index in [9.17, 15) is 8.42 Å². The highest BCUT2D eigenvalue weighted by atomic mass is 32.2. The molecule has 4 heteroatoms. The molecule has 0 aromatic heterocycles. The van der Waals surface area contributed by atoms with Crippen molar-refractivity contribution < 1.29 is 12.6 Å². The van der Waals surface area contributed by atoms with Crippen LogP contribution in [0.4, 0.5) is 0 Å². The molecule has 1 aromatic carbocycles. The molecule has 0 aliphatic rings. The molecule has 0 atom stereocenters. The second-order valence-corrected chi connectivity index (χ2v) is 6.70. The first-order valence-electron chi connectivity index (χ1n) is 5.67. The van der Waals surface area contributed by atoms with Crippen molar-refractivity contribution in [1.82, 2.24) is 0 Å². The largest absolute Gasteiger partial charge is 0.297 e. The fourth-order valence-electron chi connectivity index (χ4n) is 1.18. The van der Waals surface area contributed by atoms with Crippen molar-refractivity contribution in [3.05, 3.63) is 29.8 Å². The molecule has 0 radical (unpaired) electrons. The van der Waals surface area contributed by atoms with Gasteiger partial charge < -0.3 is 0 Å². The molecule has 0 saturated carbocycles. The first-order valence-corrected chi connectivity index (χ1v) is 7.08. The highest BCUT2D eigenvalue weighted by Crippen LogP contribution is 2.13. The van der Waals surface area contributed by atoms with Crippen LogP contribution in [0.1, 0.15) is 26.3 Å². The van der Waals surface area contributed by atoms with Gasteiger partial charge in [-0.3, -0.25) is 4.18 Å². The van der Waals surface area contributed by atoms with Crippen molar-refractivity contribution in [2.75, 3.05) is 6.61 Å². The highest BCUT2D eigenvalue weighted by molar-refractivity contribution is 7.86. The Balaban J connectivity index is 2.71. The Morgan fingerprint density at radius 2 is 1.72 bits per heavy atom. The Kier molecular flexibility index (Phi) is 4.55. The van der Waals surface area contributed by atoms with Gasteiger partial charge in [0, 0.05) is 5.41 Å². The average Bonchev–Trinajstić information content (AvgIpc) is 2.24. The molecular formula is C14H18O3S. The highest BCUT2D eigenvalue weighted by Gasteiger charge is 2.13. The van der Waals surface area contributed by atoms with Crippen molar-refractivity contribution in [1.29, 1.82) is 0 Å². The summed E-state index contributed by atoms with van der Waals surface area (Å²) in [5.41, 5.74) is 0.846. The van der Waals surface area contributed by atoms with Crippen LogP contribution in [0.15, 0.2) is 29.2 Å². The van der Waals surface area contributed by atoms with E-state index < -0.39 is 10.1 Å². The van der Waals surface area contributed by atoms with Crippen LogP contribution in [0.5, 0.6) is 0 Å². The zero-order valence-corrected chi connectivity index (χ0v) is 12.0. The van der Waals surface area contributed by atoms with Crippen molar-refractivity contribution in [2.45, 2.75) is 32.6 Å². The molecule has 98 valence electrons. The zero-order chi connectivity index (χ0) is 13.8. The van der Waals surface area contributed by atoms with Crippen LogP contribution in [-0.2, 0) is 14.3 Å². The Morgan fingerprint density at radius 1 is 1.17 bits per heavy atom. The second-order valence-electron chi connectivity index (χ2n) is 5.08. The molecule has 0 unspecified atom stereocenters. The Bertz CT molecular complexity index is 552. The molecule has 0 saturated heterocycles. The molecule has 0 amide bonds. The van der Waals surface area contributed by atoms with Gasteiger partial charge in [-0.2, -0.15) is 8.42 Å². The van der Waals surface area contributed by atoms with Crippen molar-refractivity contribution >= 4 is 10.1 Å². The summed E-state index contributed by atoms with van der Waals surface area (Å²) < 4.78 is 28.4. The molecule has 0 fully saturated rings. The molecule has 0 bridgehead atoms. The Hall–Kier alpha value is -1.31. The van der Waals surface area contributed by atoms with Crippen molar-refractivity contribution in [3.8, 4) is 11.8 Å². The summed E-state index contributed by atoms with van der Waals surface area (Å²) in [7, 11) is -3.70. The average molecular weight is 266 g/mol. The fourth-order valence-corrected chi connectivity index (χ4v) is 2.00. The van der Waals surface area contributed by atoms with Gasteiger partial charge in [-0.15, -0.1) is 0 Å². The predicted molar refractivity (Wildman–Crippen MR) is 71.5 cm³/mol. The quantitative estimate of drug-likeness (QED) is 0.624. The van der Waals surface area contributed by atoms with Gasteiger partial charge in [0.2, 0.25) is 0 Å². The number of hydrogen-bond donors (Lipinski definition) is 0. The SMILES string of the molecule is Cc1ccc(S(=O)(=O)OCC#CC(C)(C)C)cc1. The summed E-state index contributed by atoms with van der Waals surface area (Å²) in [6, 6.07) is 6.53. The minimum atomic E-state index is -3.70. The van der Waals surface area contributed by atoms with E-state index in [-0.39, 0.29) is 16.9 Å². The zero-order valence-electron chi connectivity index (χ0n) is 11.1. The minimum Gasteiger partial charge on any atom is -0.253 e. The number of hydrogen-bond acceptors (Lipinski definition) is 3. The lowest BCUT2D eigenvalue weighted by Gasteiger charge is -2.07. The third-order valence-corrected chi connectivity index (χ3v) is 3.34. The number of benzene rings is 1. The first-order chi connectivity index (χ1) is 8.21. The van der Waals surface area contributed by atoms with Crippen molar-refractivity contribution in [3.63, 3.8) is 0 Å². The van der Waals surface area contributed by atoms with E-state index in [1.807, 2.05) is 27.7 Å². The van der Waals surface area contributed by atoms with Gasteiger partial charge >= 0.3 is 0 Å². The summed E-state index contributed by atoms with van der Waals surface area (Å²) in [5, 5.41) is 0. The molecule has 1 aromatic rings. The Labute approximate surface area is 109 Å². The molecule has 1 rings (SSSR count). The summed E-state index contributed by atoms with van der Waals surface area (Å²) in [6.07, 6.45) is 0. The van der Waals surface area contributed by atoms with Crippen LogP contribution < -0.4 is 0 Å². The molecule has 18 heavy (non-hydrogen) atoms. The van der Waals surface area contributed by atoms with Crippen LogP contribution in [0.25, 0.3) is 0 Å². The van der Waals surface area contributed by atoms with Gasteiger partial charge in [0.15, 0.2) is 0 Å². The van der Waals surface area contributed by atoms with Crippen molar-refractivity contribution in [2.24, 2.45) is 5.41 Å². The Morgan fingerprint density at radius 3 is 2.22 bits per heavy atom. The maximum absolute atomic E-state index is 11.8. The lowest BCUT2D eigenvalue weighted by Crippen LogP contribution is -2.07. The van der Waals surface area contributed by atoms with Gasteiger partial charge in [-0.05, 0) is 39.8 Å². The smallest absolute Gasteiger partial charge is 0.253 e. The molecule has 3 nitrogen and oxygen atoms in total. The van der Waals surface area contributed by atoms with Crippen LogP contribution >= 0.6 is 0 Å². The minimum absolute atomic E-state index is 0.118. The van der Waals surface area contributed by atoms with Gasteiger partial charge in [0.25, 0.3) is 10.1 Å². The van der Waals surface area contributed by atoms with E-state index in [0.717, 1.165) is 5.56 Å².